The number of esters is 1. The van der Waals surface area contributed by atoms with Gasteiger partial charge in [0.1, 0.15) is 11.8 Å². The van der Waals surface area contributed by atoms with Crippen LogP contribution < -0.4 is 15.4 Å². The Morgan fingerprint density at radius 2 is 1.67 bits per heavy atom. The number of nitrogens with one attached hydrogen (secondary N) is 2. The van der Waals surface area contributed by atoms with Gasteiger partial charge in [0.2, 0.25) is 0 Å². The van der Waals surface area contributed by atoms with Gasteiger partial charge in [0.25, 0.3) is 11.8 Å². The number of rotatable bonds is 8. The molecule has 2 N–H and O–H groups in total. The molecule has 0 spiro atoms. The van der Waals surface area contributed by atoms with Gasteiger partial charge in [-0.1, -0.05) is 43.6 Å². The molecular formula is C22H25ClN2O5. The second kappa shape index (κ2) is 10.6. The first-order valence-electron chi connectivity index (χ1n) is 9.43. The Hall–Kier alpha value is -3.06. The fourth-order valence-electron chi connectivity index (χ4n) is 2.63. The molecule has 0 fully saturated rings. The Kier molecular flexibility index (Phi) is 8.24. The third kappa shape index (κ3) is 6.22. The topological polar surface area (TPSA) is 93.7 Å². The molecule has 0 bridgehead atoms. The van der Waals surface area contributed by atoms with Crippen LogP contribution in [0.2, 0.25) is 5.02 Å². The van der Waals surface area contributed by atoms with Crippen molar-refractivity contribution in [2.45, 2.75) is 32.9 Å². The molecule has 0 radical (unpaired) electrons. The van der Waals surface area contributed by atoms with Crippen molar-refractivity contribution < 1.29 is 23.9 Å². The number of benzene rings is 2. The van der Waals surface area contributed by atoms with Crippen molar-refractivity contribution in [2.24, 2.45) is 5.92 Å². The Balaban J connectivity index is 2.03. The van der Waals surface area contributed by atoms with Gasteiger partial charge in [-0.05, 0) is 43.2 Å². The minimum Gasteiger partial charge on any atom is -0.495 e. The second-order valence-corrected chi connectivity index (χ2v) is 7.41. The molecule has 7 nitrogen and oxygen atoms in total. The number of methoxy groups -OCH3 is 1. The van der Waals surface area contributed by atoms with Crippen molar-refractivity contribution >= 4 is 35.1 Å². The molecule has 0 aliphatic heterocycles. The Morgan fingerprint density at radius 3 is 2.27 bits per heavy atom. The number of carbonyl (C=O) groups is 3. The lowest BCUT2D eigenvalue weighted by Crippen LogP contribution is -2.47. The van der Waals surface area contributed by atoms with E-state index >= 15 is 0 Å². The molecule has 2 aromatic rings. The molecular weight excluding hydrogens is 408 g/mol. The van der Waals surface area contributed by atoms with Crippen LogP contribution in [0, 0.1) is 5.92 Å². The fraction of sp³-hybridized carbons (Fsp3) is 0.318. The lowest BCUT2D eigenvalue weighted by molar-refractivity contribution is -0.156. The standard InChI is InChI=1S/C22H25ClN2O5/c1-13(2)19(25-21(27)15-8-6-5-7-9-15)22(28)30-14(3)20(26)24-17-12-16(23)10-11-18(17)29-4/h5-14,19H,1-4H3,(H,24,26)(H,25,27)/t14?,19-/m0/s1. The molecule has 2 amide bonds. The highest BCUT2D eigenvalue weighted by Crippen LogP contribution is 2.27. The molecule has 2 atom stereocenters. The van der Waals surface area contributed by atoms with E-state index in [0.717, 1.165) is 0 Å². The molecule has 2 rings (SSSR count). The molecule has 0 aliphatic carbocycles. The number of anilines is 1. The quantitative estimate of drug-likeness (QED) is 0.620. The molecule has 1 unspecified atom stereocenters. The van der Waals surface area contributed by atoms with E-state index in [1.807, 2.05) is 0 Å². The highest BCUT2D eigenvalue weighted by Gasteiger charge is 2.29. The van der Waals surface area contributed by atoms with Gasteiger partial charge in [-0.25, -0.2) is 4.79 Å². The maximum Gasteiger partial charge on any atom is 0.329 e. The summed E-state index contributed by atoms with van der Waals surface area (Å²) in [5.74, 6) is -1.47. The van der Waals surface area contributed by atoms with Crippen LogP contribution >= 0.6 is 11.6 Å². The SMILES string of the molecule is COc1ccc(Cl)cc1NC(=O)C(C)OC(=O)[C@@H](NC(=O)c1ccccc1)C(C)C. The van der Waals surface area contributed by atoms with E-state index in [4.69, 9.17) is 21.1 Å². The van der Waals surface area contributed by atoms with Gasteiger partial charge in [0.15, 0.2) is 6.10 Å². The van der Waals surface area contributed by atoms with Crippen LogP contribution in [0.4, 0.5) is 5.69 Å². The van der Waals surface area contributed by atoms with Crippen molar-refractivity contribution in [3.05, 3.63) is 59.1 Å². The zero-order chi connectivity index (χ0) is 22.3. The number of hydrogen-bond acceptors (Lipinski definition) is 5. The van der Waals surface area contributed by atoms with Crippen LogP contribution in [0.3, 0.4) is 0 Å². The zero-order valence-electron chi connectivity index (χ0n) is 17.3. The summed E-state index contributed by atoms with van der Waals surface area (Å²) in [6.07, 6.45) is -1.10. The summed E-state index contributed by atoms with van der Waals surface area (Å²) < 4.78 is 10.5. The second-order valence-electron chi connectivity index (χ2n) is 6.97. The molecule has 0 aromatic heterocycles. The predicted octanol–water partition coefficient (Wildman–Crippen LogP) is 3.67. The highest BCUT2D eigenvalue weighted by molar-refractivity contribution is 6.31. The summed E-state index contributed by atoms with van der Waals surface area (Å²) in [7, 11) is 1.46. The Labute approximate surface area is 180 Å². The van der Waals surface area contributed by atoms with Crippen molar-refractivity contribution in [3.63, 3.8) is 0 Å². The van der Waals surface area contributed by atoms with Crippen LogP contribution in [0.1, 0.15) is 31.1 Å². The average molecular weight is 433 g/mol. The van der Waals surface area contributed by atoms with Gasteiger partial charge in [-0.2, -0.15) is 0 Å². The average Bonchev–Trinajstić information content (AvgIpc) is 2.72. The van der Waals surface area contributed by atoms with Crippen molar-refractivity contribution in [2.75, 3.05) is 12.4 Å². The fourth-order valence-corrected chi connectivity index (χ4v) is 2.80. The van der Waals surface area contributed by atoms with Crippen LogP contribution in [0.5, 0.6) is 5.75 Å². The van der Waals surface area contributed by atoms with Gasteiger partial charge in [-0.15, -0.1) is 0 Å². The molecule has 2 aromatic carbocycles. The van der Waals surface area contributed by atoms with Crippen LogP contribution in [0.25, 0.3) is 0 Å². The van der Waals surface area contributed by atoms with Gasteiger partial charge >= 0.3 is 5.97 Å². The largest absolute Gasteiger partial charge is 0.495 e. The van der Waals surface area contributed by atoms with Gasteiger partial charge in [0.05, 0.1) is 12.8 Å². The number of halogens is 1. The summed E-state index contributed by atoms with van der Waals surface area (Å²) in [6, 6.07) is 12.4. The molecule has 0 aliphatic rings. The first-order valence-corrected chi connectivity index (χ1v) is 9.81. The van der Waals surface area contributed by atoms with E-state index in [9.17, 15) is 14.4 Å². The molecule has 160 valence electrons. The number of amides is 2. The maximum atomic E-state index is 12.6. The molecule has 0 heterocycles. The van der Waals surface area contributed by atoms with Gasteiger partial charge < -0.3 is 20.1 Å². The summed E-state index contributed by atoms with van der Waals surface area (Å²) >= 11 is 5.96. The first kappa shape index (κ1) is 23.2. The predicted molar refractivity (Wildman–Crippen MR) is 115 cm³/mol. The minimum absolute atomic E-state index is 0.242. The van der Waals surface area contributed by atoms with Gasteiger partial charge in [-0.3, -0.25) is 9.59 Å². The normalized spacial score (nSPS) is 12.6. The van der Waals surface area contributed by atoms with E-state index < -0.39 is 29.9 Å². The first-order chi connectivity index (χ1) is 14.2. The van der Waals surface area contributed by atoms with E-state index in [-0.39, 0.29) is 5.92 Å². The number of hydrogen-bond donors (Lipinski definition) is 2. The lowest BCUT2D eigenvalue weighted by atomic mass is 10.0. The molecule has 0 saturated carbocycles. The minimum atomic E-state index is -1.10. The number of ether oxygens (including phenoxy) is 2. The smallest absolute Gasteiger partial charge is 0.329 e. The van der Waals surface area contributed by atoms with E-state index in [2.05, 4.69) is 10.6 Å². The van der Waals surface area contributed by atoms with E-state index in [1.54, 1.807) is 56.3 Å². The monoisotopic (exact) mass is 432 g/mol. The Morgan fingerprint density at radius 1 is 1.00 bits per heavy atom. The third-order valence-corrected chi connectivity index (χ3v) is 4.56. The summed E-state index contributed by atoms with van der Waals surface area (Å²) in [4.78, 5) is 37.5. The Bertz CT molecular complexity index is 902. The lowest BCUT2D eigenvalue weighted by Gasteiger charge is -2.23. The van der Waals surface area contributed by atoms with Crippen molar-refractivity contribution in [1.82, 2.24) is 5.32 Å². The van der Waals surface area contributed by atoms with Crippen LogP contribution in [-0.4, -0.2) is 37.0 Å². The van der Waals surface area contributed by atoms with Gasteiger partial charge in [0, 0.05) is 10.6 Å². The van der Waals surface area contributed by atoms with Crippen LogP contribution in [-0.2, 0) is 14.3 Å². The summed E-state index contributed by atoms with van der Waals surface area (Å²) in [6.45, 7) is 5.00. The van der Waals surface area contributed by atoms with E-state index in [1.165, 1.54) is 20.1 Å². The maximum absolute atomic E-state index is 12.6. The summed E-state index contributed by atoms with van der Waals surface area (Å²) in [5, 5.41) is 5.71. The molecule has 30 heavy (non-hydrogen) atoms. The van der Waals surface area contributed by atoms with Crippen molar-refractivity contribution in [3.8, 4) is 5.75 Å². The molecule has 0 saturated heterocycles. The highest BCUT2D eigenvalue weighted by atomic mass is 35.5. The van der Waals surface area contributed by atoms with Crippen LogP contribution in [0.15, 0.2) is 48.5 Å². The van der Waals surface area contributed by atoms with Crippen molar-refractivity contribution in [1.29, 1.82) is 0 Å². The zero-order valence-corrected chi connectivity index (χ0v) is 18.0. The number of carbonyl (C=O) groups excluding carboxylic acids is 3. The van der Waals surface area contributed by atoms with E-state index in [0.29, 0.717) is 22.0 Å². The summed E-state index contributed by atoms with van der Waals surface area (Å²) in [5.41, 5.74) is 0.783. The molecule has 8 heteroatoms. The third-order valence-electron chi connectivity index (χ3n) is 4.32.